The molecule has 0 aliphatic heterocycles. The van der Waals surface area contributed by atoms with Gasteiger partial charge in [-0.2, -0.15) is 0 Å². The molecule has 0 saturated carbocycles. The Balaban J connectivity index is 0. The normalized spacial score (nSPS) is 8.84. The number of carboxylic acid groups (broad SMARTS) is 6. The molecule has 206 valence electrons. The molecule has 38 heavy (non-hydrogen) atoms. The molecule has 3 aromatic carbocycles. The SMILES string of the molecule is O=C(O)c1cccc(C(=O)O)c1.O=C(O)c1cccc(C(=O)O)c1.O=C(O)c1cccc(C(=O)O)c1.[Dy].[Dy]. The van der Waals surface area contributed by atoms with Gasteiger partial charge in [-0.15, -0.1) is 0 Å². The van der Waals surface area contributed by atoms with Crippen molar-refractivity contribution in [1.82, 2.24) is 0 Å². The van der Waals surface area contributed by atoms with E-state index in [2.05, 4.69) is 0 Å². The van der Waals surface area contributed by atoms with Crippen LogP contribution in [0.4, 0.5) is 0 Å². The molecule has 0 radical (unpaired) electrons. The summed E-state index contributed by atoms with van der Waals surface area (Å²) in [4.78, 5) is 62.3. The van der Waals surface area contributed by atoms with Gasteiger partial charge in [-0.3, -0.25) is 0 Å². The molecule has 0 saturated heterocycles. The first-order valence-corrected chi connectivity index (χ1v) is 9.53. The van der Waals surface area contributed by atoms with E-state index in [0.29, 0.717) is 0 Å². The van der Waals surface area contributed by atoms with Crippen LogP contribution in [0.3, 0.4) is 0 Å². The summed E-state index contributed by atoms with van der Waals surface area (Å²) in [6.45, 7) is 0. The standard InChI is InChI=1S/3C8H6O4.2Dy/c3*9-7(10)5-2-1-3-6(4-5)8(11)12;;/h3*1-4H,(H,9,10)(H,11,12);;. The number of hydrogen-bond acceptors (Lipinski definition) is 6. The number of hydrogen-bond donors (Lipinski definition) is 6. The van der Waals surface area contributed by atoms with Gasteiger partial charge in [-0.05, 0) is 54.6 Å². The second-order valence-corrected chi connectivity index (χ2v) is 6.57. The van der Waals surface area contributed by atoms with Crippen molar-refractivity contribution in [2.24, 2.45) is 0 Å². The van der Waals surface area contributed by atoms with Crippen LogP contribution in [0, 0.1) is 76.3 Å². The molecule has 0 spiro atoms. The molecule has 0 aliphatic rings. The summed E-state index contributed by atoms with van der Waals surface area (Å²) in [7, 11) is 0. The van der Waals surface area contributed by atoms with Gasteiger partial charge < -0.3 is 30.6 Å². The van der Waals surface area contributed by atoms with E-state index in [0.717, 1.165) is 18.2 Å². The van der Waals surface area contributed by atoms with Crippen molar-refractivity contribution in [2.75, 3.05) is 0 Å². The third-order valence-electron chi connectivity index (χ3n) is 4.07. The van der Waals surface area contributed by atoms with E-state index in [1.165, 1.54) is 54.6 Å². The summed E-state index contributed by atoms with van der Waals surface area (Å²) in [6.07, 6.45) is 0. The Labute approximate surface area is 275 Å². The second-order valence-electron chi connectivity index (χ2n) is 6.57. The summed E-state index contributed by atoms with van der Waals surface area (Å²) < 4.78 is 0. The Morgan fingerprint density at radius 1 is 0.342 bits per heavy atom. The molecule has 0 unspecified atom stereocenters. The minimum absolute atomic E-state index is 0. The van der Waals surface area contributed by atoms with Crippen LogP contribution in [0.5, 0.6) is 0 Å². The molecular formula is C24H18Dy2O12. The van der Waals surface area contributed by atoms with E-state index < -0.39 is 35.8 Å². The molecule has 0 fully saturated rings. The zero-order valence-corrected chi connectivity index (χ0v) is 22.8. The molecule has 3 aromatic rings. The first-order valence-electron chi connectivity index (χ1n) is 9.53. The Kier molecular flexibility index (Phi) is 17.9. The first-order chi connectivity index (χ1) is 16.8. The van der Waals surface area contributed by atoms with E-state index in [-0.39, 0.29) is 110 Å². The average molecular weight is 823 g/mol. The van der Waals surface area contributed by atoms with E-state index >= 15 is 0 Å². The molecular weight excluding hydrogens is 805 g/mol. The largest absolute Gasteiger partial charge is 0.478 e. The topological polar surface area (TPSA) is 224 Å². The van der Waals surface area contributed by atoms with Crippen LogP contribution < -0.4 is 0 Å². The minimum Gasteiger partial charge on any atom is -0.478 e. The Hall–Kier alpha value is -2.97. The number of carboxylic acids is 6. The third-order valence-corrected chi connectivity index (χ3v) is 4.07. The predicted molar refractivity (Wildman–Crippen MR) is 121 cm³/mol. The molecule has 0 bridgehead atoms. The van der Waals surface area contributed by atoms with Gasteiger partial charge in [0.1, 0.15) is 0 Å². The fourth-order valence-corrected chi connectivity index (χ4v) is 2.36. The van der Waals surface area contributed by atoms with E-state index in [9.17, 15) is 28.8 Å². The third kappa shape index (κ3) is 13.0. The average Bonchev–Trinajstić information content (AvgIpc) is 2.85. The van der Waals surface area contributed by atoms with Gasteiger partial charge in [-0.1, -0.05) is 18.2 Å². The molecule has 12 nitrogen and oxygen atoms in total. The molecule has 0 aliphatic carbocycles. The smallest absolute Gasteiger partial charge is 0.335 e. The van der Waals surface area contributed by atoms with Crippen LogP contribution >= 0.6 is 0 Å². The van der Waals surface area contributed by atoms with E-state index in [1.54, 1.807) is 0 Å². The maximum Gasteiger partial charge on any atom is 0.335 e. The molecule has 14 heteroatoms. The van der Waals surface area contributed by atoms with Crippen LogP contribution in [0.1, 0.15) is 62.1 Å². The zero-order valence-electron chi connectivity index (χ0n) is 18.7. The van der Waals surface area contributed by atoms with Crippen molar-refractivity contribution in [3.05, 3.63) is 106 Å². The fourth-order valence-electron chi connectivity index (χ4n) is 2.36. The number of benzene rings is 3. The van der Waals surface area contributed by atoms with Gasteiger partial charge in [-0.25, -0.2) is 28.8 Å². The number of rotatable bonds is 6. The van der Waals surface area contributed by atoms with Crippen molar-refractivity contribution in [1.29, 1.82) is 0 Å². The summed E-state index contributed by atoms with van der Waals surface area (Å²) in [6, 6.07) is 15.6. The molecule has 0 heterocycles. The predicted octanol–water partition coefficient (Wildman–Crippen LogP) is 3.25. The summed E-state index contributed by atoms with van der Waals surface area (Å²) in [5, 5.41) is 51.0. The Morgan fingerprint density at radius 2 is 0.474 bits per heavy atom. The maximum atomic E-state index is 10.4. The van der Waals surface area contributed by atoms with E-state index in [1.807, 2.05) is 0 Å². The van der Waals surface area contributed by atoms with Gasteiger partial charge in [0.05, 0.1) is 33.4 Å². The van der Waals surface area contributed by atoms with Gasteiger partial charge in [0.2, 0.25) is 0 Å². The number of aromatic carboxylic acids is 6. The van der Waals surface area contributed by atoms with Crippen LogP contribution in [0.2, 0.25) is 0 Å². The summed E-state index contributed by atoms with van der Waals surface area (Å²) in [5.74, 6) is -6.76. The van der Waals surface area contributed by atoms with Crippen molar-refractivity contribution in [2.45, 2.75) is 0 Å². The number of carbonyl (C=O) groups is 6. The van der Waals surface area contributed by atoms with E-state index in [4.69, 9.17) is 30.6 Å². The van der Waals surface area contributed by atoms with Gasteiger partial charge in [0.25, 0.3) is 0 Å². The van der Waals surface area contributed by atoms with Gasteiger partial charge >= 0.3 is 35.8 Å². The summed E-state index contributed by atoms with van der Waals surface area (Å²) >= 11 is 0. The maximum absolute atomic E-state index is 10.4. The Morgan fingerprint density at radius 3 is 0.579 bits per heavy atom. The van der Waals surface area contributed by atoms with Crippen LogP contribution in [0.15, 0.2) is 72.8 Å². The monoisotopic (exact) mass is 826 g/mol. The molecule has 0 amide bonds. The molecule has 6 N–H and O–H groups in total. The van der Waals surface area contributed by atoms with Crippen molar-refractivity contribution in [3.63, 3.8) is 0 Å². The van der Waals surface area contributed by atoms with Crippen molar-refractivity contribution in [3.8, 4) is 0 Å². The fraction of sp³-hybridized carbons (Fsp3) is 0. The molecule has 0 atom stereocenters. The van der Waals surface area contributed by atoms with Crippen molar-refractivity contribution < 1.29 is 136 Å². The first kappa shape index (κ1) is 37.2. The zero-order chi connectivity index (χ0) is 27.4. The second kappa shape index (κ2) is 18.3. The minimum atomic E-state index is -1.13. The van der Waals surface area contributed by atoms with Crippen LogP contribution in [-0.2, 0) is 0 Å². The van der Waals surface area contributed by atoms with Gasteiger partial charge in [0.15, 0.2) is 0 Å². The van der Waals surface area contributed by atoms with Crippen LogP contribution in [0.25, 0.3) is 0 Å². The molecule has 3 rings (SSSR count). The molecule has 0 aromatic heterocycles. The quantitative estimate of drug-likeness (QED) is 0.211. The Bertz CT molecular complexity index is 1070. The van der Waals surface area contributed by atoms with Crippen LogP contribution in [-0.4, -0.2) is 66.5 Å². The summed E-state index contributed by atoms with van der Waals surface area (Å²) in [5.41, 5.74) is -0.112. The van der Waals surface area contributed by atoms with Crippen molar-refractivity contribution >= 4 is 35.8 Å². The van der Waals surface area contributed by atoms with Gasteiger partial charge in [0, 0.05) is 76.3 Å².